The van der Waals surface area contributed by atoms with Crippen molar-refractivity contribution in [2.45, 2.75) is 646 Å². The number of carboxylic acid groups (broad SMARTS) is 1. The lowest BCUT2D eigenvalue weighted by Crippen LogP contribution is -2.43. The zero-order chi connectivity index (χ0) is 89.9. The van der Waals surface area contributed by atoms with Crippen LogP contribution in [0.15, 0.2) is 0 Å². The summed E-state index contributed by atoms with van der Waals surface area (Å²) in [6.07, 6.45) is 116. The van der Waals surface area contributed by atoms with Crippen LogP contribution in [-0.2, 0) is 14.4 Å². The highest BCUT2D eigenvalue weighted by Crippen LogP contribution is 2.29. The summed E-state index contributed by atoms with van der Waals surface area (Å²) >= 11 is 0. The first-order valence-electron chi connectivity index (χ1n) is 58.3. The van der Waals surface area contributed by atoms with E-state index in [-0.39, 0.29) is 24.7 Å². The van der Waals surface area contributed by atoms with E-state index in [2.05, 4.69) is 75.0 Å². The van der Waals surface area contributed by atoms with Gasteiger partial charge in [0.1, 0.15) is 5.78 Å². The van der Waals surface area contributed by atoms with Crippen LogP contribution >= 0.6 is 0 Å². The third kappa shape index (κ3) is 88.6. The smallest absolute Gasteiger partial charge is 0.306 e. The number of ketones is 2. The summed E-state index contributed by atoms with van der Waals surface area (Å²) in [6.45, 7) is 30.7. The van der Waals surface area contributed by atoms with E-state index in [1.54, 1.807) is 0 Å². The Labute approximate surface area is 781 Å². The molecule has 0 aromatic heterocycles. The van der Waals surface area contributed by atoms with Crippen LogP contribution in [0.4, 0.5) is 0 Å². The molecule has 8 heteroatoms. The quantitative estimate of drug-likeness (QED) is 0.0603. The molecule has 0 aliphatic rings. The Morgan fingerprint density at radius 2 is 0.315 bits per heavy atom. The molecule has 0 aliphatic heterocycles. The van der Waals surface area contributed by atoms with Gasteiger partial charge in [0.25, 0.3) is 0 Å². The van der Waals surface area contributed by atoms with E-state index in [1.807, 2.05) is 0 Å². The normalized spacial score (nSPS) is 12.7. The highest BCUT2D eigenvalue weighted by molar-refractivity contribution is 5.92. The van der Waals surface area contributed by atoms with Gasteiger partial charge in [0.05, 0.1) is 12.0 Å². The molecule has 0 bridgehead atoms. The van der Waals surface area contributed by atoms with E-state index in [1.165, 1.54) is 514 Å². The van der Waals surface area contributed by atoms with Gasteiger partial charge in [-0.05, 0) is 162 Å². The molecule has 0 radical (unpaired) electrons. The lowest BCUT2D eigenvalue weighted by Gasteiger charge is -2.32. The third-order valence-electron chi connectivity index (χ3n) is 28.8. The fourth-order valence-corrected chi connectivity index (χ4v) is 20.1. The first kappa shape index (κ1) is 123. The molecule has 124 heavy (non-hydrogen) atoms. The van der Waals surface area contributed by atoms with Gasteiger partial charge >= 0.3 is 5.97 Å². The predicted molar refractivity (Wildman–Crippen MR) is 555 cm³/mol. The fourth-order valence-electron chi connectivity index (χ4n) is 20.1. The molecular weight excluding hydrogens is 1510 g/mol. The van der Waals surface area contributed by atoms with Crippen molar-refractivity contribution in [3.05, 3.63) is 0 Å². The second-order valence-corrected chi connectivity index (χ2v) is 41.1. The van der Waals surface area contributed by atoms with Crippen LogP contribution < -0.4 is 0 Å². The molecule has 0 saturated carbocycles. The number of carbonyl (C=O) groups is 3. The maximum absolute atomic E-state index is 16.2. The average Bonchev–Trinajstić information content (AvgIpc) is 0.865. The molecule has 1 N–H and O–H groups in total. The van der Waals surface area contributed by atoms with Crippen LogP contribution in [-0.4, -0.2) is 120 Å². The van der Waals surface area contributed by atoms with Crippen molar-refractivity contribution in [3.8, 4) is 0 Å². The number of carboxylic acids is 1. The summed E-state index contributed by atoms with van der Waals surface area (Å²) in [4.78, 5) is 56.7. The van der Waals surface area contributed by atoms with Gasteiger partial charge in [0, 0.05) is 18.8 Å². The molecule has 0 rings (SSSR count). The predicted octanol–water partition coefficient (Wildman–Crippen LogP) is 37.7. The number of carbonyl (C=O) groups excluding carboxylic acids is 2. The third-order valence-corrected chi connectivity index (χ3v) is 28.8. The number of Topliss-reactive ketones (excluding diaryl/α,β-unsaturated/α-hetero) is 2. The second kappa shape index (κ2) is 104. The summed E-state index contributed by atoms with van der Waals surface area (Å²) < 4.78 is 0. The van der Waals surface area contributed by atoms with Crippen molar-refractivity contribution >= 4 is 17.5 Å². The minimum Gasteiger partial charge on any atom is -0.481 e. The molecule has 740 valence electrons. The van der Waals surface area contributed by atoms with Gasteiger partial charge in [0.15, 0.2) is 5.78 Å². The van der Waals surface area contributed by atoms with Crippen molar-refractivity contribution in [3.63, 3.8) is 0 Å². The lowest BCUT2D eigenvalue weighted by atomic mass is 9.84. The van der Waals surface area contributed by atoms with Crippen LogP contribution in [0.3, 0.4) is 0 Å². The van der Waals surface area contributed by atoms with Crippen molar-refractivity contribution in [1.29, 1.82) is 0 Å². The Kier molecular flexibility index (Phi) is 103. The lowest BCUT2D eigenvalue weighted by molar-refractivity contribution is -0.144. The van der Waals surface area contributed by atoms with E-state index in [0.29, 0.717) is 18.6 Å². The van der Waals surface area contributed by atoms with E-state index < -0.39 is 17.8 Å². The van der Waals surface area contributed by atoms with Gasteiger partial charge in [0.2, 0.25) is 0 Å². The number of hydrogen-bond donors (Lipinski definition) is 1. The Hall–Kier alpha value is -1.35. The van der Waals surface area contributed by atoms with Crippen LogP contribution in [0, 0.1) is 11.8 Å². The summed E-state index contributed by atoms with van der Waals surface area (Å²) in [5.41, 5.74) is 0. The Balaban J connectivity index is 7.49. The van der Waals surface area contributed by atoms with Gasteiger partial charge < -0.3 is 19.8 Å². The van der Waals surface area contributed by atoms with Crippen molar-refractivity contribution in [1.82, 2.24) is 19.6 Å². The molecule has 0 fully saturated rings. The number of hydrogen-bond acceptors (Lipinski definition) is 7. The summed E-state index contributed by atoms with van der Waals surface area (Å²) in [6, 6.07) is -0.193. The second-order valence-electron chi connectivity index (χ2n) is 41.1. The maximum Gasteiger partial charge on any atom is 0.306 e. The van der Waals surface area contributed by atoms with Crippen molar-refractivity contribution < 1.29 is 19.5 Å². The Morgan fingerprint density at radius 3 is 0.500 bits per heavy atom. The number of aliphatic carboxylic acids is 1. The first-order valence-corrected chi connectivity index (χ1v) is 58.3. The molecule has 8 nitrogen and oxygen atoms in total. The monoisotopic (exact) mass is 1750 g/mol. The summed E-state index contributed by atoms with van der Waals surface area (Å²) in [5.74, 6) is -1.58. The van der Waals surface area contributed by atoms with Crippen LogP contribution in [0.2, 0.25) is 0 Å². The molecule has 0 heterocycles. The number of nitrogens with zero attached hydrogens (tertiary/aromatic N) is 4. The number of unbranched alkanes of at least 4 members (excludes halogenated alkanes) is 75. The summed E-state index contributed by atoms with van der Waals surface area (Å²) in [7, 11) is 0. The maximum atomic E-state index is 16.2. The molecule has 3 atom stereocenters. The molecule has 0 saturated heterocycles. The zero-order valence-corrected chi connectivity index (χ0v) is 86.8. The molecule has 0 aliphatic carbocycles. The van der Waals surface area contributed by atoms with E-state index >= 15 is 9.59 Å². The van der Waals surface area contributed by atoms with Gasteiger partial charge in [-0.2, -0.15) is 0 Å². The number of rotatable bonds is 111. The minimum atomic E-state index is -0.812. The fraction of sp³-hybridized carbons (Fsp3) is 0.974. The highest BCUT2D eigenvalue weighted by Gasteiger charge is 2.32. The minimum absolute atomic E-state index is 0.0668. The summed E-state index contributed by atoms with van der Waals surface area (Å²) in [5, 5.41) is 11.2. The molecule has 0 aromatic rings. The zero-order valence-electron chi connectivity index (χ0n) is 86.8. The average molecular weight is 1750 g/mol. The largest absolute Gasteiger partial charge is 0.481 e. The topological polar surface area (TPSA) is 84.4 Å². The Bertz CT molecular complexity index is 1960. The van der Waals surface area contributed by atoms with Gasteiger partial charge in [-0.3, -0.25) is 19.3 Å². The standard InChI is InChI=1S/C116H232N4O4/c1-9-17-25-33-41-49-57-65-73-84-98-117(99-85-74-66-58-50-42-34-26-18-10-2)104-92-81-95-111(114(121)110-112(116(123)124)96-82-93-105-118(100-86-75-67-59-51-43-35-27-19-11-3)101-87-76-68-60-52-44-36-28-20-12-4)109-115(122)113(120(107-90-79-71-63-55-47-39-31-23-15-7)108-91-80-72-64-56-48-40-32-24-16-8)97-83-94-106-119(102-88-77-69-61-53-45-37-29-21-13-5)103-89-78-70-62-54-46-38-30-22-14-6/h111-113H,9-110H2,1-8H3,(H,123,124). The molecule has 3 unspecified atom stereocenters. The van der Waals surface area contributed by atoms with Gasteiger partial charge in [-0.25, -0.2) is 0 Å². The van der Waals surface area contributed by atoms with E-state index in [4.69, 9.17) is 0 Å². The molecule has 0 spiro atoms. The van der Waals surface area contributed by atoms with Crippen LogP contribution in [0.1, 0.15) is 640 Å². The molecular formula is C116H232N4O4. The molecule has 0 aromatic carbocycles. The first-order chi connectivity index (χ1) is 61.1. The van der Waals surface area contributed by atoms with Crippen molar-refractivity contribution in [2.75, 3.05) is 72.0 Å². The van der Waals surface area contributed by atoms with Crippen LogP contribution in [0.25, 0.3) is 0 Å². The van der Waals surface area contributed by atoms with E-state index in [0.717, 1.165) is 117 Å². The molecule has 0 amide bonds. The van der Waals surface area contributed by atoms with Gasteiger partial charge in [-0.15, -0.1) is 0 Å². The highest BCUT2D eigenvalue weighted by atomic mass is 16.4. The van der Waals surface area contributed by atoms with E-state index in [9.17, 15) is 9.90 Å². The van der Waals surface area contributed by atoms with Crippen molar-refractivity contribution in [2.24, 2.45) is 11.8 Å². The van der Waals surface area contributed by atoms with Gasteiger partial charge in [-0.1, -0.05) is 537 Å². The SMILES string of the molecule is CCCCCCCCCCCCN(CCCCCCCCCCCC)CCCCC(CC(=O)C(CCCCN(CCCCCCCCCCCC)CCCCCCCCCCCC)CC(=O)C(CCCCN(CCCCCCCCCCCC)CCCCCCCCCCCC)N(CCCCCCCCCCCC)CCCCCCCCCCCC)C(=O)O. The van der Waals surface area contributed by atoms with Crippen LogP contribution in [0.5, 0.6) is 0 Å². The Morgan fingerprint density at radius 1 is 0.169 bits per heavy atom.